The minimum atomic E-state index is -5.08. The summed E-state index contributed by atoms with van der Waals surface area (Å²) in [5.74, 6) is 0. The van der Waals surface area contributed by atoms with Crippen LogP contribution in [0.1, 0.15) is 11.1 Å². The summed E-state index contributed by atoms with van der Waals surface area (Å²) in [4.78, 5) is 0. The molecule has 14 aromatic carbocycles. The predicted octanol–water partition coefficient (Wildman–Crippen LogP) is 24.0. The smallest absolute Gasteiger partial charge is 0.309 e. The molecule has 20 aromatic rings. The number of aromatic nitrogens is 6. The topological polar surface area (TPSA) is 29.6 Å². The average molecular weight is 1280 g/mol. The third-order valence-electron chi connectivity index (χ3n) is 20.2. The highest BCUT2D eigenvalue weighted by molar-refractivity contribution is 6.17. The number of alkyl halides is 6. The fourth-order valence-corrected chi connectivity index (χ4v) is 16.2. The SMILES string of the molecule is FC(F)(F)c1ccc(-n2c3ccc(-n4c5ccccc5c5ccccc54)cc3c3cc(-n4c5ccccc5c5ccccc54)ccc32)cc1-c1cc(-n2c3ccc(-n4c5ccccc5c5ccccc54)cc3c3cc(-n4c5ccccc5c5ccccc54)ccc32)ccc1C(F)(F)F. The third kappa shape index (κ3) is 8.05. The minimum absolute atomic E-state index is 0.243. The van der Waals surface area contributed by atoms with E-state index in [0.717, 1.165) is 144 Å². The number of hydrogen-bond donors (Lipinski definition) is 0. The van der Waals surface area contributed by atoms with E-state index in [2.05, 4.69) is 140 Å². The molecule has 466 valence electrons. The van der Waals surface area contributed by atoms with Crippen molar-refractivity contribution in [2.45, 2.75) is 12.4 Å². The second kappa shape index (κ2) is 20.5. The van der Waals surface area contributed by atoms with Gasteiger partial charge in [-0.2, -0.15) is 26.3 Å². The summed E-state index contributed by atoms with van der Waals surface area (Å²) in [5.41, 5.74) is 10.8. The maximum absolute atomic E-state index is 16.1. The molecule has 0 bridgehead atoms. The Labute approximate surface area is 553 Å². The third-order valence-corrected chi connectivity index (χ3v) is 20.2. The summed E-state index contributed by atoms with van der Waals surface area (Å²) in [6.45, 7) is 0. The van der Waals surface area contributed by atoms with Gasteiger partial charge in [0.05, 0.1) is 77.3 Å². The number of hydrogen-bond acceptors (Lipinski definition) is 0. The van der Waals surface area contributed by atoms with Crippen molar-refractivity contribution >= 4 is 131 Å². The van der Waals surface area contributed by atoms with Crippen LogP contribution < -0.4 is 0 Å². The van der Waals surface area contributed by atoms with E-state index >= 15 is 26.3 Å². The molecule has 0 radical (unpaired) electrons. The summed E-state index contributed by atoms with van der Waals surface area (Å²) < 4.78 is 109. The van der Waals surface area contributed by atoms with E-state index in [1.54, 1.807) is 0 Å². The van der Waals surface area contributed by atoms with Crippen molar-refractivity contribution in [3.63, 3.8) is 0 Å². The Morgan fingerprint density at radius 3 is 0.520 bits per heavy atom. The van der Waals surface area contributed by atoms with Crippen LogP contribution in [0.15, 0.2) is 303 Å². The van der Waals surface area contributed by atoms with Gasteiger partial charge in [0.2, 0.25) is 0 Å². The molecule has 6 nitrogen and oxygen atoms in total. The lowest BCUT2D eigenvalue weighted by Gasteiger charge is -2.21. The molecule has 0 amide bonds. The maximum Gasteiger partial charge on any atom is 0.417 e. The molecule has 6 heterocycles. The monoisotopic (exact) mass is 1280 g/mol. The van der Waals surface area contributed by atoms with Crippen LogP contribution in [-0.2, 0) is 12.4 Å². The number of fused-ring (bicyclic) bond motifs is 18. The molecular formula is C86H50F6N6. The molecule has 0 N–H and O–H groups in total. The van der Waals surface area contributed by atoms with Crippen LogP contribution in [-0.4, -0.2) is 27.4 Å². The molecule has 0 unspecified atom stereocenters. The quantitative estimate of drug-likeness (QED) is 0.142. The van der Waals surface area contributed by atoms with Crippen molar-refractivity contribution in [2.75, 3.05) is 0 Å². The van der Waals surface area contributed by atoms with E-state index in [0.29, 0.717) is 22.1 Å². The zero-order valence-corrected chi connectivity index (χ0v) is 51.8. The Morgan fingerprint density at radius 2 is 0.327 bits per heavy atom. The summed E-state index contributed by atoms with van der Waals surface area (Å²) >= 11 is 0. The van der Waals surface area contributed by atoms with Gasteiger partial charge >= 0.3 is 12.4 Å². The van der Waals surface area contributed by atoms with Gasteiger partial charge in [-0.1, -0.05) is 146 Å². The predicted molar refractivity (Wildman–Crippen MR) is 388 cm³/mol. The summed E-state index contributed by atoms with van der Waals surface area (Å²) in [5, 5.41) is 11.8. The molecule has 0 aliphatic carbocycles. The van der Waals surface area contributed by atoms with Crippen LogP contribution >= 0.6 is 0 Å². The van der Waals surface area contributed by atoms with Crippen LogP contribution in [0.5, 0.6) is 0 Å². The van der Waals surface area contributed by atoms with E-state index < -0.39 is 34.6 Å². The fraction of sp³-hybridized carbons (Fsp3) is 0.0233. The first kappa shape index (κ1) is 55.9. The highest BCUT2D eigenvalue weighted by atomic mass is 19.4. The summed E-state index contributed by atoms with van der Waals surface area (Å²) in [6, 6.07) is 97.4. The number of para-hydroxylation sites is 8. The van der Waals surface area contributed by atoms with Gasteiger partial charge < -0.3 is 27.4 Å². The van der Waals surface area contributed by atoms with Gasteiger partial charge in [0.15, 0.2) is 0 Å². The van der Waals surface area contributed by atoms with E-state index in [4.69, 9.17) is 0 Å². The van der Waals surface area contributed by atoms with Crippen molar-refractivity contribution in [3.8, 4) is 45.3 Å². The molecule has 0 atom stereocenters. The van der Waals surface area contributed by atoms with Gasteiger partial charge in [0, 0.05) is 98.8 Å². The largest absolute Gasteiger partial charge is 0.417 e. The highest BCUT2D eigenvalue weighted by Gasteiger charge is 2.39. The van der Waals surface area contributed by atoms with Gasteiger partial charge in [-0.25, -0.2) is 0 Å². The van der Waals surface area contributed by atoms with Crippen molar-refractivity contribution < 1.29 is 26.3 Å². The van der Waals surface area contributed by atoms with Crippen molar-refractivity contribution in [1.29, 1.82) is 0 Å². The van der Waals surface area contributed by atoms with Crippen molar-refractivity contribution in [1.82, 2.24) is 27.4 Å². The van der Waals surface area contributed by atoms with Crippen LogP contribution in [0.25, 0.3) is 176 Å². The van der Waals surface area contributed by atoms with E-state index in [1.165, 1.54) is 24.3 Å². The molecule has 0 fully saturated rings. The zero-order valence-electron chi connectivity index (χ0n) is 51.8. The second-order valence-corrected chi connectivity index (χ2v) is 25.4. The normalized spacial score (nSPS) is 12.6. The van der Waals surface area contributed by atoms with E-state index in [9.17, 15) is 0 Å². The number of nitrogens with zero attached hydrogens (tertiary/aromatic N) is 6. The lowest BCUT2D eigenvalue weighted by Crippen LogP contribution is -2.12. The summed E-state index contributed by atoms with van der Waals surface area (Å²) in [7, 11) is 0. The molecule has 0 aliphatic rings. The van der Waals surface area contributed by atoms with Crippen molar-refractivity contribution in [2.24, 2.45) is 0 Å². The lowest BCUT2D eigenvalue weighted by atomic mass is 9.93. The van der Waals surface area contributed by atoms with E-state index in [1.807, 2.05) is 155 Å². The Bertz CT molecular complexity index is 5840. The van der Waals surface area contributed by atoms with Crippen LogP contribution in [0.3, 0.4) is 0 Å². The van der Waals surface area contributed by atoms with E-state index in [-0.39, 0.29) is 11.4 Å². The van der Waals surface area contributed by atoms with Crippen LogP contribution in [0.2, 0.25) is 0 Å². The Balaban J connectivity index is 0.826. The molecule has 0 saturated heterocycles. The lowest BCUT2D eigenvalue weighted by molar-refractivity contribution is -0.139. The molecule has 0 spiro atoms. The Hall–Kier alpha value is -12.5. The maximum atomic E-state index is 16.1. The number of halogens is 6. The molecule has 20 rings (SSSR count). The van der Waals surface area contributed by atoms with Gasteiger partial charge in [0.1, 0.15) is 0 Å². The van der Waals surface area contributed by atoms with Crippen LogP contribution in [0, 0.1) is 0 Å². The average Bonchev–Trinajstić information content (AvgIpc) is 1.58. The van der Waals surface area contributed by atoms with Gasteiger partial charge in [-0.15, -0.1) is 0 Å². The zero-order chi connectivity index (χ0) is 65.4. The first-order chi connectivity index (χ1) is 47.9. The standard InChI is InChI=1S/C86H50F6N6/c87-85(88,89)71-39-33-51(97-81-41-35-53(93-73-25-9-1-17-57(73)58-18-2-10-26-74(58)93)47-67(81)68-48-54(36-42-82(68)97)94-75-27-11-3-19-59(75)60-20-4-12-28-76(60)94)45-65(71)66-46-52(34-40-72(66)86(90,91)92)98-83-43-37-55(95-77-29-13-5-21-61(77)62-22-6-14-30-78(62)95)49-69(83)70-50-56(38-44-84(70)98)96-79-31-15-7-23-63(79)64-24-8-16-32-80(64)96/h1-50H. The van der Waals surface area contributed by atoms with Crippen molar-refractivity contribution in [3.05, 3.63) is 314 Å². The summed E-state index contributed by atoms with van der Waals surface area (Å²) in [6.07, 6.45) is -10.2. The number of rotatable bonds is 7. The molecule has 6 aromatic heterocycles. The molecule has 98 heavy (non-hydrogen) atoms. The first-order valence-corrected chi connectivity index (χ1v) is 32.5. The molecule has 0 saturated carbocycles. The first-order valence-electron chi connectivity index (χ1n) is 32.5. The minimum Gasteiger partial charge on any atom is -0.309 e. The Morgan fingerprint density at radius 1 is 0.163 bits per heavy atom. The van der Waals surface area contributed by atoms with Gasteiger partial charge in [-0.3, -0.25) is 0 Å². The Kier molecular flexibility index (Phi) is 11.7. The van der Waals surface area contributed by atoms with Crippen LogP contribution in [0.4, 0.5) is 26.3 Å². The molecule has 12 heteroatoms. The molecule has 0 aliphatic heterocycles. The second-order valence-electron chi connectivity index (χ2n) is 25.4. The van der Waals surface area contributed by atoms with Gasteiger partial charge in [-0.05, 0) is 169 Å². The van der Waals surface area contributed by atoms with Gasteiger partial charge in [0.25, 0.3) is 0 Å². The number of benzene rings is 14. The fourth-order valence-electron chi connectivity index (χ4n) is 16.2. The molecular weight excluding hydrogens is 1230 g/mol. The highest BCUT2D eigenvalue weighted by Crippen LogP contribution is 2.48.